The zero-order valence-corrected chi connectivity index (χ0v) is 20.5. The number of halogens is 2. The molecule has 0 aromatic carbocycles. The lowest BCUT2D eigenvalue weighted by Gasteiger charge is -2.21. The summed E-state index contributed by atoms with van der Waals surface area (Å²) >= 11 is 0.899. The molecule has 188 valence electrons. The highest BCUT2D eigenvalue weighted by Gasteiger charge is 2.44. The number of aliphatic hydroxyl groups is 1. The predicted octanol–water partition coefficient (Wildman–Crippen LogP) is 3.98. The number of aromatic nitrogens is 2. The summed E-state index contributed by atoms with van der Waals surface area (Å²) in [6.45, 7) is 3.08. The Morgan fingerprint density at radius 3 is 2.43 bits per heavy atom. The van der Waals surface area contributed by atoms with Gasteiger partial charge in [-0.1, -0.05) is 0 Å². The van der Waals surface area contributed by atoms with Crippen molar-refractivity contribution in [2.24, 2.45) is 0 Å². The van der Waals surface area contributed by atoms with Gasteiger partial charge in [-0.25, -0.2) is 18.7 Å². The first kappa shape index (κ1) is 24.1. The third-order valence-electron chi connectivity index (χ3n) is 6.74. The number of hydrogen-bond donors (Lipinski definition) is 3. The Morgan fingerprint density at radius 2 is 1.86 bits per heavy atom. The Labute approximate surface area is 206 Å². The van der Waals surface area contributed by atoms with Crippen LogP contribution in [0.1, 0.15) is 84.7 Å². The molecule has 0 atom stereocenters. The van der Waals surface area contributed by atoms with Crippen LogP contribution in [0.2, 0.25) is 0 Å². The molecule has 3 aliphatic rings. The average Bonchev–Trinajstić information content (AvgIpc) is 3.22. The van der Waals surface area contributed by atoms with Crippen molar-refractivity contribution >= 4 is 29.0 Å². The van der Waals surface area contributed by atoms with E-state index in [1.165, 1.54) is 12.3 Å². The molecule has 3 N–H and O–H groups in total. The van der Waals surface area contributed by atoms with Gasteiger partial charge in [-0.15, -0.1) is 11.3 Å². The fourth-order valence-corrected chi connectivity index (χ4v) is 5.85. The zero-order chi connectivity index (χ0) is 24.9. The number of thiazole rings is 1. The third kappa shape index (κ3) is 5.02. The van der Waals surface area contributed by atoms with E-state index < -0.39 is 17.9 Å². The van der Waals surface area contributed by atoms with Gasteiger partial charge >= 0.3 is 0 Å². The summed E-state index contributed by atoms with van der Waals surface area (Å²) < 4.78 is 28.3. The topological polar surface area (TPSA) is 107 Å². The van der Waals surface area contributed by atoms with Crippen LogP contribution in [0.15, 0.2) is 12.3 Å². The van der Waals surface area contributed by atoms with Crippen LogP contribution in [-0.2, 0) is 0 Å². The Kier molecular flexibility index (Phi) is 6.25. The molecule has 5 rings (SSSR count). The van der Waals surface area contributed by atoms with E-state index in [2.05, 4.69) is 20.6 Å². The largest absolute Gasteiger partial charge is 0.389 e. The minimum atomic E-state index is -2.80. The first-order valence-electron chi connectivity index (χ1n) is 12.0. The van der Waals surface area contributed by atoms with Crippen molar-refractivity contribution in [2.45, 2.75) is 82.5 Å². The molecule has 35 heavy (non-hydrogen) atoms. The van der Waals surface area contributed by atoms with E-state index in [-0.39, 0.29) is 57.3 Å². The Bertz CT molecular complexity index is 1120. The summed E-state index contributed by atoms with van der Waals surface area (Å²) in [5, 5.41) is 15.7. The molecule has 0 unspecified atom stereocenters. The highest BCUT2D eigenvalue weighted by molar-refractivity contribution is 7.17. The Morgan fingerprint density at radius 1 is 1.20 bits per heavy atom. The van der Waals surface area contributed by atoms with Crippen LogP contribution < -0.4 is 10.6 Å². The summed E-state index contributed by atoms with van der Waals surface area (Å²) in [5.74, 6) is -0.534. The van der Waals surface area contributed by atoms with Crippen LogP contribution in [-0.4, -0.2) is 62.1 Å². The molecule has 1 aliphatic carbocycles. The maximum Gasteiger partial charge on any atom is 0.280 e. The number of rotatable bonds is 8. The quantitative estimate of drug-likeness (QED) is 0.501. The zero-order valence-electron chi connectivity index (χ0n) is 19.7. The van der Waals surface area contributed by atoms with Gasteiger partial charge in [-0.2, -0.15) is 0 Å². The molecule has 2 aromatic heterocycles. The average molecular weight is 506 g/mol. The number of alkyl halides is 2. The molecule has 2 bridgehead atoms. The summed E-state index contributed by atoms with van der Waals surface area (Å²) in [7, 11) is 0. The van der Waals surface area contributed by atoms with Gasteiger partial charge < -0.3 is 20.6 Å². The van der Waals surface area contributed by atoms with Crippen molar-refractivity contribution < 1.29 is 23.5 Å². The molecular formula is C24H29F2N5O3S. The second-order valence-corrected chi connectivity index (χ2v) is 11.2. The van der Waals surface area contributed by atoms with Gasteiger partial charge in [0.15, 0.2) is 5.01 Å². The van der Waals surface area contributed by atoms with Crippen molar-refractivity contribution in [3.8, 4) is 10.4 Å². The number of fused-ring (bicyclic) bond motifs is 2. The fourth-order valence-electron chi connectivity index (χ4n) is 4.84. The van der Waals surface area contributed by atoms with Crippen LogP contribution in [0.4, 0.5) is 14.6 Å². The van der Waals surface area contributed by atoms with Gasteiger partial charge in [0, 0.05) is 42.0 Å². The van der Waals surface area contributed by atoms with E-state index in [9.17, 15) is 23.5 Å². The minimum Gasteiger partial charge on any atom is -0.389 e. The highest BCUT2D eigenvalue weighted by Crippen LogP contribution is 2.42. The van der Waals surface area contributed by atoms with Gasteiger partial charge in [0.25, 0.3) is 18.2 Å². The number of pyridine rings is 1. The lowest BCUT2D eigenvalue weighted by atomic mass is 10.0. The van der Waals surface area contributed by atoms with Crippen LogP contribution in [0, 0.1) is 0 Å². The first-order chi connectivity index (χ1) is 16.6. The molecule has 4 heterocycles. The highest BCUT2D eigenvalue weighted by atomic mass is 32.1. The van der Waals surface area contributed by atoms with Crippen LogP contribution in [0.25, 0.3) is 10.4 Å². The summed E-state index contributed by atoms with van der Waals surface area (Å²) in [6, 6.07) is 1.80. The molecule has 2 saturated heterocycles. The van der Waals surface area contributed by atoms with Crippen molar-refractivity contribution in [2.75, 3.05) is 11.9 Å². The van der Waals surface area contributed by atoms with E-state index in [0.717, 1.165) is 49.9 Å². The molecule has 2 aromatic rings. The Balaban J connectivity index is 1.54. The van der Waals surface area contributed by atoms with Crippen molar-refractivity contribution in [1.29, 1.82) is 0 Å². The van der Waals surface area contributed by atoms with Crippen LogP contribution >= 0.6 is 11.3 Å². The standard InChI is InChI=1S/C24H29F2N5O3S/c1-24(2,34)11-28-21(32)22-30-18(23(33)31-13-5-6-14(31)8-7-13)19(35-22)16-10-27-17(29-12-3-4-12)9-15(16)20(25)26/h9-10,12-14,20,34H,3-8,11H2,1-2H3,(H,27,29)(H,28,32)/t13-,14+. The minimum absolute atomic E-state index is 0.00816. The molecule has 11 heteroatoms. The second-order valence-electron chi connectivity index (χ2n) is 10.2. The van der Waals surface area contributed by atoms with Crippen LogP contribution in [0.3, 0.4) is 0 Å². The summed E-state index contributed by atoms with van der Waals surface area (Å²) in [5.41, 5.74) is -1.28. The maximum atomic E-state index is 14.2. The van der Waals surface area contributed by atoms with Crippen molar-refractivity contribution in [1.82, 2.24) is 20.2 Å². The maximum absolute atomic E-state index is 14.2. The molecule has 0 radical (unpaired) electrons. The number of nitrogens with one attached hydrogen (secondary N) is 2. The van der Waals surface area contributed by atoms with E-state index in [1.807, 2.05) is 4.90 Å². The van der Waals surface area contributed by atoms with Crippen molar-refractivity contribution in [3.05, 3.63) is 28.5 Å². The van der Waals surface area contributed by atoms with Crippen molar-refractivity contribution in [3.63, 3.8) is 0 Å². The molecule has 2 amide bonds. The van der Waals surface area contributed by atoms with Crippen LogP contribution in [0.5, 0.6) is 0 Å². The smallest absolute Gasteiger partial charge is 0.280 e. The van der Waals surface area contributed by atoms with E-state index in [4.69, 9.17) is 0 Å². The van der Waals surface area contributed by atoms with E-state index in [1.54, 1.807) is 13.8 Å². The van der Waals surface area contributed by atoms with Gasteiger partial charge in [0.05, 0.1) is 10.5 Å². The lowest BCUT2D eigenvalue weighted by molar-refractivity contribution is 0.0692. The Hall–Kier alpha value is -2.66. The molecule has 8 nitrogen and oxygen atoms in total. The number of anilines is 1. The summed E-state index contributed by atoms with van der Waals surface area (Å²) in [6.07, 6.45) is 4.16. The fraction of sp³-hybridized carbons (Fsp3) is 0.583. The molecule has 3 fully saturated rings. The number of carbonyl (C=O) groups is 2. The molecule has 1 saturated carbocycles. The number of carbonyl (C=O) groups excluding carboxylic acids is 2. The molecular weight excluding hydrogens is 476 g/mol. The third-order valence-corrected chi connectivity index (χ3v) is 7.83. The van der Waals surface area contributed by atoms with Gasteiger partial charge in [-0.3, -0.25) is 9.59 Å². The first-order valence-corrected chi connectivity index (χ1v) is 12.8. The lowest BCUT2D eigenvalue weighted by Crippen LogP contribution is -2.38. The van der Waals surface area contributed by atoms with Gasteiger partial charge in [0.1, 0.15) is 11.5 Å². The second kappa shape index (κ2) is 9.09. The number of amides is 2. The monoisotopic (exact) mass is 505 g/mol. The van der Waals surface area contributed by atoms with E-state index in [0.29, 0.717) is 5.82 Å². The van der Waals surface area contributed by atoms with E-state index >= 15 is 0 Å². The SMILES string of the molecule is CC(C)(O)CNC(=O)c1nc(C(=O)N2[C@H]3CC[C@@H]2CC3)c(-c2cnc(NC3CC3)cc2C(F)F)s1. The summed E-state index contributed by atoms with van der Waals surface area (Å²) in [4.78, 5) is 37.1. The number of nitrogens with zero attached hydrogens (tertiary/aromatic N) is 3. The predicted molar refractivity (Wildman–Crippen MR) is 128 cm³/mol. The van der Waals surface area contributed by atoms with Gasteiger partial charge in [-0.05, 0) is 58.4 Å². The normalized spacial score (nSPS) is 21.6. The van der Waals surface area contributed by atoms with Gasteiger partial charge in [0.2, 0.25) is 0 Å². The molecule has 0 spiro atoms. The molecule has 2 aliphatic heterocycles. The number of hydrogen-bond acceptors (Lipinski definition) is 7.